The van der Waals surface area contributed by atoms with E-state index in [0.717, 1.165) is 31.1 Å². The van der Waals surface area contributed by atoms with Crippen LogP contribution in [0, 0.1) is 0 Å². The molecule has 116 valence electrons. The van der Waals surface area contributed by atoms with Crippen LogP contribution in [0.4, 0.5) is 0 Å². The van der Waals surface area contributed by atoms with Gasteiger partial charge in [-0.3, -0.25) is 9.58 Å². The molecule has 1 aromatic heterocycles. The molecule has 2 saturated heterocycles. The number of aromatic nitrogens is 3. The van der Waals surface area contributed by atoms with E-state index in [1.54, 1.807) is 0 Å². The Bertz CT molecular complexity index is 613. The van der Waals surface area contributed by atoms with Crippen molar-refractivity contribution in [3.63, 3.8) is 0 Å². The van der Waals surface area contributed by atoms with Crippen molar-refractivity contribution in [1.82, 2.24) is 19.7 Å². The molecule has 1 aromatic carbocycles. The molecule has 2 bridgehead atoms. The molecule has 2 fully saturated rings. The van der Waals surface area contributed by atoms with E-state index >= 15 is 0 Å². The third-order valence-corrected chi connectivity index (χ3v) is 5.61. The zero-order valence-corrected chi connectivity index (χ0v) is 14.2. The lowest BCUT2D eigenvalue weighted by Gasteiger charge is -2.39. The summed E-state index contributed by atoms with van der Waals surface area (Å²) in [4.78, 5) is 6.85. The average molecular weight is 361 g/mol. The predicted octanol–water partition coefficient (Wildman–Crippen LogP) is 3.45. The highest BCUT2D eigenvalue weighted by molar-refractivity contribution is 9.10. The zero-order valence-electron chi connectivity index (χ0n) is 12.6. The maximum absolute atomic E-state index is 4.32. The van der Waals surface area contributed by atoms with E-state index < -0.39 is 0 Å². The molecule has 2 aliphatic rings. The van der Waals surface area contributed by atoms with E-state index in [1.807, 2.05) is 11.0 Å². The molecular formula is C17H21BrN4. The Morgan fingerprint density at radius 2 is 1.77 bits per heavy atom. The molecule has 0 spiro atoms. The van der Waals surface area contributed by atoms with Crippen molar-refractivity contribution < 1.29 is 0 Å². The van der Waals surface area contributed by atoms with Crippen LogP contribution in [0.25, 0.3) is 0 Å². The topological polar surface area (TPSA) is 34.0 Å². The fourth-order valence-electron chi connectivity index (χ4n) is 4.23. The van der Waals surface area contributed by atoms with Crippen molar-refractivity contribution in [3.8, 4) is 0 Å². The molecule has 4 nitrogen and oxygen atoms in total. The first kappa shape index (κ1) is 14.4. The molecule has 3 atom stereocenters. The predicted molar refractivity (Wildman–Crippen MR) is 89.7 cm³/mol. The van der Waals surface area contributed by atoms with Crippen molar-refractivity contribution >= 4 is 15.9 Å². The minimum atomic E-state index is 0.679. The second-order valence-electron chi connectivity index (χ2n) is 6.48. The van der Waals surface area contributed by atoms with Crippen LogP contribution < -0.4 is 0 Å². The van der Waals surface area contributed by atoms with E-state index in [2.05, 4.69) is 61.2 Å². The Morgan fingerprint density at radius 3 is 2.41 bits per heavy atom. The van der Waals surface area contributed by atoms with Gasteiger partial charge in [0.15, 0.2) is 0 Å². The third kappa shape index (κ3) is 2.84. The Morgan fingerprint density at radius 1 is 1.05 bits per heavy atom. The van der Waals surface area contributed by atoms with Crippen molar-refractivity contribution in [2.75, 3.05) is 6.54 Å². The van der Waals surface area contributed by atoms with Gasteiger partial charge < -0.3 is 0 Å². The molecule has 0 radical (unpaired) electrons. The zero-order chi connectivity index (χ0) is 14.9. The number of halogens is 1. The van der Waals surface area contributed by atoms with Gasteiger partial charge in [-0.05, 0) is 53.1 Å². The molecule has 0 saturated carbocycles. The van der Waals surface area contributed by atoms with Crippen LogP contribution >= 0.6 is 15.9 Å². The molecule has 3 heterocycles. The summed E-state index contributed by atoms with van der Waals surface area (Å²) in [7, 11) is 0. The van der Waals surface area contributed by atoms with E-state index in [4.69, 9.17) is 0 Å². The highest BCUT2D eigenvalue weighted by Gasteiger charge is 2.40. The standard InChI is InChI=1S/C17H21BrN4/c18-17-19-12-21(20-17)8-9-22-15-6-7-16(22)11-14(10-15)13-4-2-1-3-5-13/h1-5,12,14-16H,6-11H2/t14?,15-,16+. The van der Waals surface area contributed by atoms with Crippen LogP contribution in [0.15, 0.2) is 41.4 Å². The van der Waals surface area contributed by atoms with Crippen LogP contribution in [-0.4, -0.2) is 38.3 Å². The van der Waals surface area contributed by atoms with Gasteiger partial charge in [-0.2, -0.15) is 0 Å². The Kier molecular flexibility index (Phi) is 4.01. The van der Waals surface area contributed by atoms with Crippen LogP contribution in [-0.2, 0) is 6.54 Å². The molecule has 0 N–H and O–H groups in total. The quantitative estimate of drug-likeness (QED) is 0.837. The van der Waals surface area contributed by atoms with Gasteiger partial charge in [-0.25, -0.2) is 4.98 Å². The molecule has 0 aliphatic carbocycles. The molecular weight excluding hydrogens is 340 g/mol. The number of hydrogen-bond donors (Lipinski definition) is 0. The molecule has 4 rings (SSSR count). The number of rotatable bonds is 4. The third-order valence-electron chi connectivity index (χ3n) is 5.25. The first-order valence-electron chi connectivity index (χ1n) is 8.15. The summed E-state index contributed by atoms with van der Waals surface area (Å²) in [6, 6.07) is 12.5. The number of nitrogens with zero attached hydrogens (tertiary/aromatic N) is 4. The summed E-state index contributed by atoms with van der Waals surface area (Å²) >= 11 is 3.31. The fraction of sp³-hybridized carbons (Fsp3) is 0.529. The summed E-state index contributed by atoms with van der Waals surface area (Å²) in [5, 5.41) is 4.32. The summed E-state index contributed by atoms with van der Waals surface area (Å²) in [5.41, 5.74) is 1.53. The van der Waals surface area contributed by atoms with Crippen molar-refractivity contribution in [2.45, 2.75) is 50.2 Å². The Labute approximate surface area is 139 Å². The maximum atomic E-state index is 4.32. The van der Waals surface area contributed by atoms with Crippen molar-refractivity contribution in [3.05, 3.63) is 47.0 Å². The molecule has 2 aliphatic heterocycles. The molecule has 1 unspecified atom stereocenters. The second kappa shape index (κ2) is 6.13. The normalized spacial score (nSPS) is 28.1. The molecule has 0 amide bonds. The van der Waals surface area contributed by atoms with Gasteiger partial charge in [0.1, 0.15) is 6.33 Å². The lowest BCUT2D eigenvalue weighted by atomic mass is 9.85. The molecule has 22 heavy (non-hydrogen) atoms. The van der Waals surface area contributed by atoms with E-state index in [-0.39, 0.29) is 0 Å². The van der Waals surface area contributed by atoms with Gasteiger partial charge in [0, 0.05) is 18.6 Å². The first-order chi connectivity index (χ1) is 10.8. The smallest absolute Gasteiger partial charge is 0.217 e. The lowest BCUT2D eigenvalue weighted by molar-refractivity contribution is 0.120. The maximum Gasteiger partial charge on any atom is 0.217 e. The molecule has 2 aromatic rings. The van der Waals surface area contributed by atoms with Crippen molar-refractivity contribution in [2.24, 2.45) is 0 Å². The summed E-state index contributed by atoms with van der Waals surface area (Å²) < 4.78 is 2.62. The summed E-state index contributed by atoms with van der Waals surface area (Å²) in [6.07, 6.45) is 7.13. The van der Waals surface area contributed by atoms with Gasteiger partial charge in [0.05, 0.1) is 6.54 Å². The van der Waals surface area contributed by atoms with Gasteiger partial charge in [-0.15, -0.1) is 5.10 Å². The van der Waals surface area contributed by atoms with Gasteiger partial charge in [-0.1, -0.05) is 30.3 Å². The number of hydrogen-bond acceptors (Lipinski definition) is 3. The second-order valence-corrected chi connectivity index (χ2v) is 7.19. The lowest BCUT2D eigenvalue weighted by Crippen LogP contribution is -2.43. The van der Waals surface area contributed by atoms with Crippen LogP contribution in [0.1, 0.15) is 37.2 Å². The largest absolute Gasteiger partial charge is 0.296 e. The average Bonchev–Trinajstić information content (AvgIpc) is 3.06. The monoisotopic (exact) mass is 360 g/mol. The summed E-state index contributed by atoms with van der Waals surface area (Å²) in [6.45, 7) is 2.02. The summed E-state index contributed by atoms with van der Waals surface area (Å²) in [5.74, 6) is 0.746. The number of fused-ring (bicyclic) bond motifs is 2. The van der Waals surface area contributed by atoms with E-state index in [1.165, 1.54) is 31.2 Å². The fourth-order valence-corrected chi connectivity index (χ4v) is 4.53. The number of benzene rings is 1. The highest BCUT2D eigenvalue weighted by Crippen LogP contribution is 2.42. The highest BCUT2D eigenvalue weighted by atomic mass is 79.9. The number of piperidine rings is 1. The SMILES string of the molecule is Brc1ncn(CCN2[C@@H]3CC[C@H]2CC(c2ccccc2)C3)n1. The Balaban J connectivity index is 1.40. The van der Waals surface area contributed by atoms with Crippen LogP contribution in [0.2, 0.25) is 0 Å². The van der Waals surface area contributed by atoms with Crippen LogP contribution in [0.3, 0.4) is 0 Å². The van der Waals surface area contributed by atoms with Crippen molar-refractivity contribution in [1.29, 1.82) is 0 Å². The minimum Gasteiger partial charge on any atom is -0.296 e. The van der Waals surface area contributed by atoms with E-state index in [9.17, 15) is 0 Å². The molecule has 5 heteroatoms. The minimum absolute atomic E-state index is 0.679. The van der Waals surface area contributed by atoms with Gasteiger partial charge in [0.25, 0.3) is 0 Å². The first-order valence-corrected chi connectivity index (χ1v) is 8.94. The van der Waals surface area contributed by atoms with E-state index in [0.29, 0.717) is 4.73 Å². The van der Waals surface area contributed by atoms with Gasteiger partial charge in [0.2, 0.25) is 4.73 Å². The Hall–Kier alpha value is -1.20. The van der Waals surface area contributed by atoms with Crippen LogP contribution in [0.5, 0.6) is 0 Å². The van der Waals surface area contributed by atoms with Gasteiger partial charge >= 0.3 is 0 Å².